The third-order valence-corrected chi connectivity index (χ3v) is 2.70. The summed E-state index contributed by atoms with van der Waals surface area (Å²) >= 11 is 0. The third kappa shape index (κ3) is 5.78. The number of nitrogens with one attached hydrogen (secondary N) is 2. The number of amides is 1. The van der Waals surface area contributed by atoms with E-state index in [2.05, 4.69) is 10.6 Å². The molecule has 1 rings (SSSR count). The highest BCUT2D eigenvalue weighted by molar-refractivity contribution is 5.76. The minimum Gasteiger partial charge on any atom is -0.351 e. The lowest BCUT2D eigenvalue weighted by Gasteiger charge is -2.25. The van der Waals surface area contributed by atoms with Crippen molar-refractivity contribution in [1.29, 1.82) is 0 Å². The second-order valence-electron chi connectivity index (χ2n) is 5.55. The van der Waals surface area contributed by atoms with E-state index >= 15 is 0 Å². The van der Waals surface area contributed by atoms with Gasteiger partial charge in [0.05, 0.1) is 0 Å². The Labute approximate surface area is 93.0 Å². The van der Waals surface area contributed by atoms with Gasteiger partial charge < -0.3 is 10.6 Å². The van der Waals surface area contributed by atoms with Crippen molar-refractivity contribution in [3.8, 4) is 0 Å². The van der Waals surface area contributed by atoms with E-state index in [1.54, 1.807) is 0 Å². The topological polar surface area (TPSA) is 41.1 Å². The first-order valence-electron chi connectivity index (χ1n) is 5.99. The third-order valence-electron chi connectivity index (χ3n) is 2.70. The van der Waals surface area contributed by atoms with Gasteiger partial charge >= 0.3 is 0 Å². The maximum atomic E-state index is 11.4. The van der Waals surface area contributed by atoms with Crippen LogP contribution in [0.1, 0.15) is 46.5 Å². The van der Waals surface area contributed by atoms with Crippen molar-refractivity contribution >= 4 is 5.91 Å². The van der Waals surface area contributed by atoms with Crippen molar-refractivity contribution in [3.05, 3.63) is 0 Å². The van der Waals surface area contributed by atoms with Crippen LogP contribution in [0.25, 0.3) is 0 Å². The summed E-state index contributed by atoms with van der Waals surface area (Å²) in [4.78, 5) is 11.4. The Hall–Kier alpha value is -0.570. The second-order valence-corrected chi connectivity index (χ2v) is 5.55. The summed E-state index contributed by atoms with van der Waals surface area (Å²) in [5.74, 6) is 1.01. The van der Waals surface area contributed by atoms with Crippen molar-refractivity contribution in [1.82, 2.24) is 10.6 Å². The van der Waals surface area contributed by atoms with Crippen LogP contribution in [-0.4, -0.2) is 24.5 Å². The van der Waals surface area contributed by atoms with E-state index in [0.29, 0.717) is 6.42 Å². The average molecular weight is 212 g/mol. The highest BCUT2D eigenvalue weighted by Gasteiger charge is 2.17. The van der Waals surface area contributed by atoms with Gasteiger partial charge in [-0.1, -0.05) is 6.42 Å². The summed E-state index contributed by atoms with van der Waals surface area (Å²) in [6.45, 7) is 7.91. The average Bonchev–Trinajstić information content (AvgIpc) is 1.96. The highest BCUT2D eigenvalue weighted by atomic mass is 16.1. The predicted octanol–water partition coefficient (Wildman–Crippen LogP) is 1.68. The molecule has 0 radical (unpaired) electrons. The molecule has 0 heterocycles. The molecule has 15 heavy (non-hydrogen) atoms. The molecule has 1 aliphatic carbocycles. The molecule has 1 amide bonds. The van der Waals surface area contributed by atoms with Crippen molar-refractivity contribution in [2.24, 2.45) is 5.92 Å². The molecule has 1 fully saturated rings. The van der Waals surface area contributed by atoms with Gasteiger partial charge in [-0.15, -0.1) is 0 Å². The van der Waals surface area contributed by atoms with Crippen LogP contribution in [0, 0.1) is 5.92 Å². The highest BCUT2D eigenvalue weighted by Crippen LogP contribution is 2.24. The summed E-state index contributed by atoms with van der Waals surface area (Å²) in [7, 11) is 0. The van der Waals surface area contributed by atoms with Crippen LogP contribution in [0.15, 0.2) is 0 Å². The standard InChI is InChI=1S/C12H24N2O/c1-12(2,3)14-11(15)7-8-13-9-10-5-4-6-10/h10,13H,4-9H2,1-3H3,(H,14,15). The Morgan fingerprint density at radius 1 is 1.33 bits per heavy atom. The summed E-state index contributed by atoms with van der Waals surface area (Å²) in [5, 5.41) is 6.30. The minimum absolute atomic E-state index is 0.106. The van der Waals surface area contributed by atoms with E-state index < -0.39 is 0 Å². The van der Waals surface area contributed by atoms with Gasteiger partial charge in [0.2, 0.25) is 5.91 Å². The van der Waals surface area contributed by atoms with E-state index in [-0.39, 0.29) is 11.4 Å². The molecule has 3 nitrogen and oxygen atoms in total. The normalized spacial score (nSPS) is 17.3. The van der Waals surface area contributed by atoms with Crippen LogP contribution in [0.4, 0.5) is 0 Å². The fourth-order valence-electron chi connectivity index (χ4n) is 1.69. The number of carbonyl (C=O) groups excluding carboxylic acids is 1. The van der Waals surface area contributed by atoms with Crippen molar-refractivity contribution in [2.75, 3.05) is 13.1 Å². The molecule has 1 aliphatic rings. The quantitative estimate of drug-likeness (QED) is 0.681. The molecule has 88 valence electrons. The molecule has 0 spiro atoms. The van der Waals surface area contributed by atoms with E-state index in [1.165, 1.54) is 19.3 Å². The van der Waals surface area contributed by atoms with Gasteiger partial charge in [0, 0.05) is 18.5 Å². The second kappa shape index (κ2) is 5.50. The van der Waals surface area contributed by atoms with Crippen LogP contribution >= 0.6 is 0 Å². The zero-order valence-electron chi connectivity index (χ0n) is 10.2. The van der Waals surface area contributed by atoms with Crippen molar-refractivity contribution in [3.63, 3.8) is 0 Å². The Morgan fingerprint density at radius 2 is 2.00 bits per heavy atom. The van der Waals surface area contributed by atoms with Gasteiger partial charge in [0.25, 0.3) is 0 Å². The molecule has 0 aliphatic heterocycles. The van der Waals surface area contributed by atoms with Gasteiger partial charge in [-0.25, -0.2) is 0 Å². The Balaban J connectivity index is 1.96. The maximum Gasteiger partial charge on any atom is 0.221 e. The number of carbonyl (C=O) groups is 1. The van der Waals surface area contributed by atoms with Crippen LogP contribution < -0.4 is 10.6 Å². The molecule has 2 N–H and O–H groups in total. The number of rotatable bonds is 5. The minimum atomic E-state index is -0.106. The monoisotopic (exact) mass is 212 g/mol. The first-order valence-corrected chi connectivity index (χ1v) is 5.99. The molecule has 0 atom stereocenters. The number of hydrogen-bond donors (Lipinski definition) is 2. The van der Waals surface area contributed by atoms with Gasteiger partial charge in [0.1, 0.15) is 0 Å². The van der Waals surface area contributed by atoms with Gasteiger partial charge in [-0.2, -0.15) is 0 Å². The smallest absolute Gasteiger partial charge is 0.221 e. The first-order chi connectivity index (χ1) is 6.97. The summed E-state index contributed by atoms with van der Waals surface area (Å²) in [6.07, 6.45) is 4.70. The molecule has 0 saturated heterocycles. The summed E-state index contributed by atoms with van der Waals surface area (Å²) in [5.41, 5.74) is -0.106. The molecular weight excluding hydrogens is 188 g/mol. The van der Waals surface area contributed by atoms with E-state index in [1.807, 2.05) is 20.8 Å². The fourth-order valence-corrected chi connectivity index (χ4v) is 1.69. The van der Waals surface area contributed by atoms with Gasteiger partial charge in [0.15, 0.2) is 0 Å². The van der Waals surface area contributed by atoms with Crippen molar-refractivity contribution in [2.45, 2.75) is 52.0 Å². The molecule has 0 unspecified atom stereocenters. The largest absolute Gasteiger partial charge is 0.351 e. The van der Waals surface area contributed by atoms with Crippen LogP contribution in [-0.2, 0) is 4.79 Å². The van der Waals surface area contributed by atoms with Crippen LogP contribution in [0.5, 0.6) is 0 Å². The molecule has 0 aromatic heterocycles. The zero-order valence-corrected chi connectivity index (χ0v) is 10.2. The van der Waals surface area contributed by atoms with Crippen LogP contribution in [0.3, 0.4) is 0 Å². The summed E-state index contributed by atoms with van der Waals surface area (Å²) in [6, 6.07) is 0. The van der Waals surface area contributed by atoms with Crippen molar-refractivity contribution < 1.29 is 4.79 Å². The van der Waals surface area contributed by atoms with E-state index in [4.69, 9.17) is 0 Å². The fraction of sp³-hybridized carbons (Fsp3) is 0.917. The lowest BCUT2D eigenvalue weighted by Crippen LogP contribution is -2.41. The maximum absolute atomic E-state index is 11.4. The lowest BCUT2D eigenvalue weighted by atomic mass is 9.85. The molecule has 3 heteroatoms. The Morgan fingerprint density at radius 3 is 2.47 bits per heavy atom. The number of hydrogen-bond acceptors (Lipinski definition) is 2. The van der Waals surface area contributed by atoms with Gasteiger partial charge in [-0.05, 0) is 46.1 Å². The molecular formula is C12H24N2O. The van der Waals surface area contributed by atoms with E-state index in [0.717, 1.165) is 19.0 Å². The Bertz CT molecular complexity index is 204. The van der Waals surface area contributed by atoms with Crippen LogP contribution in [0.2, 0.25) is 0 Å². The molecule has 0 aromatic carbocycles. The summed E-state index contributed by atoms with van der Waals surface area (Å²) < 4.78 is 0. The molecule has 0 aromatic rings. The van der Waals surface area contributed by atoms with E-state index in [9.17, 15) is 4.79 Å². The molecule has 0 bridgehead atoms. The lowest BCUT2D eigenvalue weighted by molar-refractivity contribution is -0.122. The Kier molecular flexibility index (Phi) is 4.58. The van der Waals surface area contributed by atoms with Gasteiger partial charge in [-0.3, -0.25) is 4.79 Å². The molecule has 1 saturated carbocycles. The SMILES string of the molecule is CC(C)(C)NC(=O)CCNCC1CCC1. The first kappa shape index (κ1) is 12.5. The zero-order chi connectivity index (χ0) is 11.3. The predicted molar refractivity (Wildman–Crippen MR) is 62.7 cm³/mol.